The highest BCUT2D eigenvalue weighted by Gasteiger charge is 2.43. The number of rotatable bonds is 5. The Bertz CT molecular complexity index is 411. The van der Waals surface area contributed by atoms with Crippen LogP contribution in [-0.2, 0) is 0 Å². The lowest BCUT2D eigenvalue weighted by Gasteiger charge is -2.43. The predicted molar refractivity (Wildman–Crippen MR) is 79.7 cm³/mol. The fraction of sp³-hybridized carbons (Fsp3) is 0.625. The zero-order valence-corrected chi connectivity index (χ0v) is 12.6. The molecule has 1 aromatic rings. The van der Waals surface area contributed by atoms with E-state index in [0.29, 0.717) is 6.04 Å². The Labute approximate surface area is 116 Å². The fourth-order valence-electron chi connectivity index (χ4n) is 3.55. The molecule has 1 atom stereocenters. The van der Waals surface area contributed by atoms with Gasteiger partial charge in [-0.1, -0.05) is 25.0 Å². The molecule has 3 heteroatoms. The van der Waals surface area contributed by atoms with E-state index >= 15 is 0 Å². The average molecular weight is 262 g/mol. The maximum atomic E-state index is 5.36. The molecule has 0 bridgehead atoms. The summed E-state index contributed by atoms with van der Waals surface area (Å²) in [6.07, 6.45) is 5.14. The van der Waals surface area contributed by atoms with E-state index in [1.165, 1.54) is 31.2 Å². The molecule has 0 aromatic heterocycles. The third kappa shape index (κ3) is 2.63. The van der Waals surface area contributed by atoms with Gasteiger partial charge in [0.1, 0.15) is 5.75 Å². The van der Waals surface area contributed by atoms with E-state index in [1.54, 1.807) is 7.11 Å². The van der Waals surface area contributed by atoms with Crippen molar-refractivity contribution in [1.29, 1.82) is 0 Å². The SMILES string of the molecule is CNC(c1cccc(OC)c1)C1(N(C)C)CCCC1. The first kappa shape index (κ1) is 14.4. The third-order valence-corrected chi connectivity index (χ3v) is 4.61. The lowest BCUT2D eigenvalue weighted by molar-refractivity contribution is 0.108. The van der Waals surface area contributed by atoms with E-state index in [4.69, 9.17) is 4.74 Å². The lowest BCUT2D eigenvalue weighted by Crippen LogP contribution is -2.51. The number of hydrogen-bond donors (Lipinski definition) is 1. The van der Waals surface area contributed by atoms with E-state index in [1.807, 2.05) is 6.07 Å². The molecule has 0 saturated heterocycles. The van der Waals surface area contributed by atoms with Crippen molar-refractivity contribution >= 4 is 0 Å². The number of nitrogens with zero attached hydrogens (tertiary/aromatic N) is 1. The Balaban J connectivity index is 2.36. The van der Waals surface area contributed by atoms with Crippen LogP contribution in [0.4, 0.5) is 0 Å². The second-order valence-electron chi connectivity index (χ2n) is 5.70. The van der Waals surface area contributed by atoms with Gasteiger partial charge in [0.15, 0.2) is 0 Å². The van der Waals surface area contributed by atoms with Crippen LogP contribution in [0.1, 0.15) is 37.3 Å². The zero-order valence-electron chi connectivity index (χ0n) is 12.6. The smallest absolute Gasteiger partial charge is 0.119 e. The molecule has 19 heavy (non-hydrogen) atoms. The minimum Gasteiger partial charge on any atom is -0.497 e. The largest absolute Gasteiger partial charge is 0.497 e. The second-order valence-corrected chi connectivity index (χ2v) is 5.70. The summed E-state index contributed by atoms with van der Waals surface area (Å²) in [6, 6.07) is 8.79. The van der Waals surface area contributed by atoms with Gasteiger partial charge in [0.25, 0.3) is 0 Å². The van der Waals surface area contributed by atoms with Crippen molar-refractivity contribution in [1.82, 2.24) is 10.2 Å². The van der Waals surface area contributed by atoms with Gasteiger partial charge in [0, 0.05) is 5.54 Å². The Morgan fingerprint density at radius 2 is 1.95 bits per heavy atom. The summed E-state index contributed by atoms with van der Waals surface area (Å²) in [6.45, 7) is 0. The molecule has 0 amide bonds. The van der Waals surface area contributed by atoms with Crippen molar-refractivity contribution < 1.29 is 4.74 Å². The van der Waals surface area contributed by atoms with E-state index in [-0.39, 0.29) is 5.54 Å². The molecule has 1 aliphatic carbocycles. The highest BCUT2D eigenvalue weighted by Crippen LogP contribution is 2.43. The second kappa shape index (κ2) is 5.93. The molecule has 1 saturated carbocycles. The standard InChI is InChI=1S/C16H26N2O/c1-17-15(13-8-7-9-14(12-13)19-4)16(18(2)3)10-5-6-11-16/h7-9,12,15,17H,5-6,10-11H2,1-4H3. The van der Waals surface area contributed by atoms with Gasteiger partial charge in [-0.3, -0.25) is 0 Å². The lowest BCUT2D eigenvalue weighted by atomic mass is 9.82. The molecule has 0 aliphatic heterocycles. The van der Waals surface area contributed by atoms with Crippen LogP contribution >= 0.6 is 0 Å². The normalized spacial score (nSPS) is 19.6. The first-order chi connectivity index (χ1) is 9.14. The Hall–Kier alpha value is -1.06. The summed E-state index contributed by atoms with van der Waals surface area (Å²) < 4.78 is 5.36. The molecule has 0 heterocycles. The van der Waals surface area contributed by atoms with Crippen molar-refractivity contribution in [2.45, 2.75) is 37.3 Å². The average Bonchev–Trinajstić information content (AvgIpc) is 2.90. The quantitative estimate of drug-likeness (QED) is 0.883. The Kier molecular flexibility index (Phi) is 4.48. The van der Waals surface area contributed by atoms with Crippen molar-refractivity contribution in [3.05, 3.63) is 29.8 Å². The Morgan fingerprint density at radius 3 is 2.47 bits per heavy atom. The van der Waals surface area contributed by atoms with Crippen LogP contribution in [0.3, 0.4) is 0 Å². The van der Waals surface area contributed by atoms with Gasteiger partial charge in [-0.15, -0.1) is 0 Å². The van der Waals surface area contributed by atoms with E-state index in [0.717, 1.165) is 5.75 Å². The van der Waals surface area contributed by atoms with Crippen LogP contribution in [0.15, 0.2) is 24.3 Å². The van der Waals surface area contributed by atoms with E-state index in [2.05, 4.69) is 49.6 Å². The molecule has 3 nitrogen and oxygen atoms in total. The molecule has 1 aliphatic rings. The summed E-state index contributed by atoms with van der Waals surface area (Å²) >= 11 is 0. The van der Waals surface area contributed by atoms with Crippen molar-refractivity contribution in [3.8, 4) is 5.75 Å². The molecule has 1 unspecified atom stereocenters. The number of hydrogen-bond acceptors (Lipinski definition) is 3. The molecule has 0 spiro atoms. The minimum atomic E-state index is 0.223. The third-order valence-electron chi connectivity index (χ3n) is 4.61. The molecule has 2 rings (SSSR count). The topological polar surface area (TPSA) is 24.5 Å². The molecular formula is C16H26N2O. The summed E-state index contributed by atoms with van der Waals surface area (Å²) in [7, 11) is 8.20. The number of benzene rings is 1. The van der Waals surface area contributed by atoms with Gasteiger partial charge in [0.2, 0.25) is 0 Å². The van der Waals surface area contributed by atoms with Crippen molar-refractivity contribution in [2.24, 2.45) is 0 Å². The summed E-state index contributed by atoms with van der Waals surface area (Å²) in [4.78, 5) is 2.40. The van der Waals surface area contributed by atoms with Gasteiger partial charge in [-0.05, 0) is 51.7 Å². The van der Waals surface area contributed by atoms with E-state index < -0.39 is 0 Å². The molecule has 0 radical (unpaired) electrons. The maximum Gasteiger partial charge on any atom is 0.119 e. The summed E-state index contributed by atoms with van der Waals surface area (Å²) in [5.41, 5.74) is 1.54. The van der Waals surface area contributed by atoms with Crippen LogP contribution in [0.2, 0.25) is 0 Å². The van der Waals surface area contributed by atoms with Crippen molar-refractivity contribution in [2.75, 3.05) is 28.3 Å². The fourth-order valence-corrected chi connectivity index (χ4v) is 3.55. The number of ether oxygens (including phenoxy) is 1. The first-order valence-electron chi connectivity index (χ1n) is 7.12. The van der Waals surface area contributed by atoms with Crippen LogP contribution in [0.5, 0.6) is 5.75 Å². The zero-order chi connectivity index (χ0) is 13.9. The highest BCUT2D eigenvalue weighted by molar-refractivity contribution is 5.33. The van der Waals surface area contributed by atoms with Crippen LogP contribution in [0.25, 0.3) is 0 Å². The van der Waals surface area contributed by atoms with Gasteiger partial charge in [0.05, 0.1) is 13.2 Å². The maximum absolute atomic E-state index is 5.36. The number of nitrogens with one attached hydrogen (secondary N) is 1. The molecule has 1 N–H and O–H groups in total. The van der Waals surface area contributed by atoms with Gasteiger partial charge in [-0.2, -0.15) is 0 Å². The van der Waals surface area contributed by atoms with Gasteiger partial charge in [-0.25, -0.2) is 0 Å². The molecule has 1 fully saturated rings. The van der Waals surface area contributed by atoms with E-state index in [9.17, 15) is 0 Å². The molecular weight excluding hydrogens is 236 g/mol. The van der Waals surface area contributed by atoms with Gasteiger partial charge >= 0.3 is 0 Å². The number of methoxy groups -OCH3 is 1. The molecule has 106 valence electrons. The first-order valence-corrected chi connectivity index (χ1v) is 7.12. The Morgan fingerprint density at radius 1 is 1.26 bits per heavy atom. The monoisotopic (exact) mass is 262 g/mol. The van der Waals surface area contributed by atoms with Crippen LogP contribution in [0, 0.1) is 0 Å². The summed E-state index contributed by atoms with van der Waals surface area (Å²) in [5.74, 6) is 0.935. The van der Waals surface area contributed by atoms with Crippen LogP contribution < -0.4 is 10.1 Å². The highest BCUT2D eigenvalue weighted by atomic mass is 16.5. The van der Waals surface area contributed by atoms with Crippen LogP contribution in [-0.4, -0.2) is 38.7 Å². The van der Waals surface area contributed by atoms with Crippen molar-refractivity contribution in [3.63, 3.8) is 0 Å². The minimum absolute atomic E-state index is 0.223. The molecule has 1 aromatic carbocycles. The number of likely N-dealkylation sites (N-methyl/N-ethyl adjacent to an activating group) is 2. The van der Waals surface area contributed by atoms with Gasteiger partial charge < -0.3 is 15.0 Å². The summed E-state index contributed by atoms with van der Waals surface area (Å²) in [5, 5.41) is 3.54. The predicted octanol–water partition coefficient (Wildman–Crippen LogP) is 2.83.